The van der Waals surface area contributed by atoms with E-state index in [1.54, 1.807) is 0 Å². The van der Waals surface area contributed by atoms with Gasteiger partial charge in [-0.15, -0.1) is 0 Å². The smallest absolute Gasteiger partial charge is 0.0630 e. The van der Waals surface area contributed by atoms with Gasteiger partial charge in [0, 0.05) is 12.2 Å². The lowest BCUT2D eigenvalue weighted by Gasteiger charge is -2.24. The number of nitrogens with zero attached hydrogens (tertiary/aromatic N) is 2. The molecule has 0 atom stereocenters. The molecule has 1 N–H and O–H groups in total. The van der Waals surface area contributed by atoms with Crippen molar-refractivity contribution in [3.63, 3.8) is 0 Å². The van der Waals surface area contributed by atoms with Gasteiger partial charge < -0.3 is 5.32 Å². The van der Waals surface area contributed by atoms with E-state index in [1.807, 2.05) is 0 Å². The number of hydrogen-bond donors (Lipinski definition) is 1. The maximum absolute atomic E-state index is 4.87. The maximum Gasteiger partial charge on any atom is 0.0630 e. The summed E-state index contributed by atoms with van der Waals surface area (Å²) in [5.74, 6) is 0. The second-order valence-electron chi connectivity index (χ2n) is 7.90. The van der Waals surface area contributed by atoms with Gasteiger partial charge in [0.05, 0.1) is 11.7 Å². The molecule has 0 aliphatic heterocycles. The Morgan fingerprint density at radius 2 is 1.95 bits per heavy atom. The van der Waals surface area contributed by atoms with E-state index in [2.05, 4.69) is 36.1 Å². The van der Waals surface area contributed by atoms with E-state index in [0.29, 0.717) is 11.5 Å². The van der Waals surface area contributed by atoms with Crippen molar-refractivity contribution in [1.29, 1.82) is 0 Å². The van der Waals surface area contributed by atoms with E-state index in [4.69, 9.17) is 5.10 Å². The molecular weight excluding hydrogens is 258 g/mol. The molecule has 0 radical (unpaired) electrons. The Kier molecular flexibility index (Phi) is 4.68. The molecule has 2 aliphatic carbocycles. The van der Waals surface area contributed by atoms with Crippen LogP contribution in [0, 0.1) is 5.41 Å². The van der Waals surface area contributed by atoms with Gasteiger partial charge in [-0.1, -0.05) is 33.1 Å². The van der Waals surface area contributed by atoms with Gasteiger partial charge in [0.1, 0.15) is 0 Å². The second-order valence-corrected chi connectivity index (χ2v) is 7.90. The minimum absolute atomic E-state index is 0.341. The molecule has 0 bridgehead atoms. The van der Waals surface area contributed by atoms with Crippen molar-refractivity contribution in [2.75, 3.05) is 6.54 Å². The van der Waals surface area contributed by atoms with Crippen LogP contribution in [0.1, 0.15) is 76.9 Å². The molecule has 1 aromatic rings. The molecule has 3 nitrogen and oxygen atoms in total. The Labute approximate surface area is 129 Å². The van der Waals surface area contributed by atoms with Gasteiger partial charge in [-0.2, -0.15) is 5.10 Å². The molecule has 0 saturated heterocycles. The van der Waals surface area contributed by atoms with Crippen LogP contribution in [0.4, 0.5) is 0 Å². The van der Waals surface area contributed by atoms with Gasteiger partial charge in [0.25, 0.3) is 0 Å². The van der Waals surface area contributed by atoms with Crippen LogP contribution >= 0.6 is 0 Å². The zero-order chi connectivity index (χ0) is 14.7. The molecular formula is C18H31N3. The van der Waals surface area contributed by atoms with Crippen LogP contribution in [0.15, 0.2) is 12.3 Å². The van der Waals surface area contributed by atoms with Crippen LogP contribution < -0.4 is 5.32 Å². The van der Waals surface area contributed by atoms with E-state index in [-0.39, 0.29) is 0 Å². The van der Waals surface area contributed by atoms with E-state index in [1.165, 1.54) is 57.1 Å². The van der Waals surface area contributed by atoms with Crippen LogP contribution in [-0.2, 0) is 6.42 Å². The molecule has 0 amide bonds. The van der Waals surface area contributed by atoms with Crippen molar-refractivity contribution < 1.29 is 0 Å². The summed E-state index contributed by atoms with van der Waals surface area (Å²) in [6.07, 6.45) is 14.1. The summed E-state index contributed by atoms with van der Waals surface area (Å²) in [6.45, 7) is 5.91. The molecule has 3 heteroatoms. The molecule has 2 aliphatic rings. The molecule has 21 heavy (non-hydrogen) atoms. The SMILES string of the molecule is CC(C)(CCNC1CC1)Cc1ccn(C2CCCCC2)n1. The average molecular weight is 289 g/mol. The van der Waals surface area contributed by atoms with Gasteiger partial charge >= 0.3 is 0 Å². The minimum atomic E-state index is 0.341. The Hall–Kier alpha value is -0.830. The molecule has 0 spiro atoms. The Morgan fingerprint density at radius 3 is 2.67 bits per heavy atom. The van der Waals surface area contributed by atoms with Crippen molar-refractivity contribution in [3.05, 3.63) is 18.0 Å². The molecule has 118 valence electrons. The zero-order valence-corrected chi connectivity index (χ0v) is 13.8. The first kappa shape index (κ1) is 15.1. The highest BCUT2D eigenvalue weighted by Gasteiger charge is 2.24. The molecule has 0 aromatic carbocycles. The normalized spacial score (nSPS) is 20.9. The molecule has 1 aromatic heterocycles. The summed E-state index contributed by atoms with van der Waals surface area (Å²) in [5.41, 5.74) is 1.62. The largest absolute Gasteiger partial charge is 0.314 e. The van der Waals surface area contributed by atoms with Crippen molar-refractivity contribution in [1.82, 2.24) is 15.1 Å². The highest BCUT2D eigenvalue weighted by molar-refractivity contribution is 5.03. The summed E-state index contributed by atoms with van der Waals surface area (Å²) >= 11 is 0. The Balaban J connectivity index is 1.49. The lowest BCUT2D eigenvalue weighted by atomic mass is 9.84. The van der Waals surface area contributed by atoms with Gasteiger partial charge in [-0.25, -0.2) is 0 Å². The second kappa shape index (κ2) is 6.51. The predicted octanol–water partition coefficient (Wildman–Crippen LogP) is 4.10. The highest BCUT2D eigenvalue weighted by atomic mass is 15.3. The monoisotopic (exact) mass is 289 g/mol. The first-order chi connectivity index (χ1) is 10.1. The minimum Gasteiger partial charge on any atom is -0.314 e. The average Bonchev–Trinajstić information content (AvgIpc) is 3.17. The van der Waals surface area contributed by atoms with Crippen molar-refractivity contribution >= 4 is 0 Å². The fourth-order valence-corrected chi connectivity index (χ4v) is 3.50. The van der Waals surface area contributed by atoms with E-state index >= 15 is 0 Å². The van der Waals surface area contributed by atoms with Crippen LogP contribution in [0.25, 0.3) is 0 Å². The summed E-state index contributed by atoms with van der Waals surface area (Å²) in [7, 11) is 0. The third-order valence-electron chi connectivity index (χ3n) is 5.08. The Morgan fingerprint density at radius 1 is 1.19 bits per heavy atom. The van der Waals surface area contributed by atoms with Crippen molar-refractivity contribution in [2.45, 2.75) is 83.7 Å². The quantitative estimate of drug-likeness (QED) is 0.819. The van der Waals surface area contributed by atoms with Crippen LogP contribution in [0.5, 0.6) is 0 Å². The van der Waals surface area contributed by atoms with Gasteiger partial charge in [0.15, 0.2) is 0 Å². The molecule has 0 unspecified atom stereocenters. The fraction of sp³-hybridized carbons (Fsp3) is 0.833. The summed E-state index contributed by atoms with van der Waals surface area (Å²) in [5, 5.41) is 8.50. The topological polar surface area (TPSA) is 29.9 Å². The lowest BCUT2D eigenvalue weighted by Crippen LogP contribution is -2.25. The maximum atomic E-state index is 4.87. The van der Waals surface area contributed by atoms with E-state index in [0.717, 1.165) is 19.0 Å². The first-order valence-electron chi connectivity index (χ1n) is 8.90. The number of hydrogen-bond acceptors (Lipinski definition) is 2. The summed E-state index contributed by atoms with van der Waals surface area (Å²) in [6, 6.07) is 3.73. The molecule has 3 rings (SSSR count). The van der Waals surface area contributed by atoms with Gasteiger partial charge in [0.2, 0.25) is 0 Å². The van der Waals surface area contributed by atoms with Crippen LogP contribution in [0.3, 0.4) is 0 Å². The fourth-order valence-electron chi connectivity index (χ4n) is 3.50. The number of rotatable bonds is 7. The van der Waals surface area contributed by atoms with Gasteiger partial charge in [-0.3, -0.25) is 4.68 Å². The molecule has 2 saturated carbocycles. The van der Waals surface area contributed by atoms with E-state index in [9.17, 15) is 0 Å². The summed E-state index contributed by atoms with van der Waals surface area (Å²) < 4.78 is 2.24. The lowest BCUT2D eigenvalue weighted by molar-refractivity contribution is 0.309. The third-order valence-corrected chi connectivity index (χ3v) is 5.08. The molecule has 1 heterocycles. The number of aromatic nitrogens is 2. The van der Waals surface area contributed by atoms with Crippen molar-refractivity contribution in [2.24, 2.45) is 5.41 Å². The summed E-state index contributed by atoms with van der Waals surface area (Å²) in [4.78, 5) is 0. The molecule has 2 fully saturated rings. The van der Waals surface area contributed by atoms with Crippen LogP contribution in [-0.4, -0.2) is 22.4 Å². The van der Waals surface area contributed by atoms with Crippen LogP contribution in [0.2, 0.25) is 0 Å². The standard InChI is InChI=1S/C18H31N3/c1-18(2,11-12-19-15-8-9-15)14-16-10-13-21(20-16)17-6-4-3-5-7-17/h10,13,15,17,19H,3-9,11-12,14H2,1-2H3. The Bertz CT molecular complexity index is 439. The first-order valence-corrected chi connectivity index (χ1v) is 8.90. The highest BCUT2D eigenvalue weighted by Crippen LogP contribution is 2.29. The zero-order valence-electron chi connectivity index (χ0n) is 13.8. The number of nitrogens with one attached hydrogen (secondary N) is 1. The van der Waals surface area contributed by atoms with E-state index < -0.39 is 0 Å². The third kappa shape index (κ3) is 4.57. The predicted molar refractivity (Wildman–Crippen MR) is 87.5 cm³/mol. The van der Waals surface area contributed by atoms with Gasteiger partial charge in [-0.05, 0) is 56.6 Å². The van der Waals surface area contributed by atoms with Crippen molar-refractivity contribution in [3.8, 4) is 0 Å².